The molecule has 0 aliphatic rings. The van der Waals surface area contributed by atoms with Crippen molar-refractivity contribution >= 4 is 27.3 Å². The molecule has 0 saturated heterocycles. The van der Waals surface area contributed by atoms with E-state index in [1.807, 2.05) is 32.9 Å². The molecular weight excluding hydrogens is 431 g/mol. The molecule has 0 unspecified atom stereocenters. The van der Waals surface area contributed by atoms with Gasteiger partial charge < -0.3 is 10.1 Å². The van der Waals surface area contributed by atoms with E-state index in [0.29, 0.717) is 11.3 Å². The molecule has 3 aromatic carbocycles. The SMILES string of the molecule is Cc1cc(C)c(NC(=O)COc2ccc(S(=O)(=O)Nc3ccc(F)cc3)cc2C)c(C)c1. The van der Waals surface area contributed by atoms with Crippen molar-refractivity contribution < 1.29 is 22.3 Å². The van der Waals surface area contributed by atoms with E-state index in [-0.39, 0.29) is 23.1 Å². The molecule has 0 atom stereocenters. The van der Waals surface area contributed by atoms with E-state index in [1.54, 1.807) is 6.92 Å². The monoisotopic (exact) mass is 456 g/mol. The number of hydrogen-bond donors (Lipinski definition) is 2. The van der Waals surface area contributed by atoms with Gasteiger partial charge in [0.2, 0.25) is 0 Å². The number of carbonyl (C=O) groups excluding carboxylic acids is 1. The number of hydrogen-bond acceptors (Lipinski definition) is 4. The van der Waals surface area contributed by atoms with Crippen LogP contribution in [0.1, 0.15) is 22.3 Å². The van der Waals surface area contributed by atoms with E-state index < -0.39 is 15.8 Å². The molecule has 0 aromatic heterocycles. The fourth-order valence-corrected chi connectivity index (χ4v) is 4.52. The molecule has 32 heavy (non-hydrogen) atoms. The summed E-state index contributed by atoms with van der Waals surface area (Å²) in [4.78, 5) is 12.4. The average Bonchev–Trinajstić information content (AvgIpc) is 2.71. The van der Waals surface area contributed by atoms with E-state index in [2.05, 4.69) is 10.0 Å². The van der Waals surface area contributed by atoms with Gasteiger partial charge in [-0.2, -0.15) is 0 Å². The maximum atomic E-state index is 13.0. The van der Waals surface area contributed by atoms with E-state index in [0.717, 1.165) is 22.4 Å². The normalized spacial score (nSPS) is 11.2. The van der Waals surface area contributed by atoms with Gasteiger partial charge in [-0.05, 0) is 86.8 Å². The molecule has 3 aromatic rings. The number of anilines is 2. The topological polar surface area (TPSA) is 84.5 Å². The number of ether oxygens (including phenoxy) is 1. The smallest absolute Gasteiger partial charge is 0.262 e. The summed E-state index contributed by atoms with van der Waals surface area (Å²) >= 11 is 0. The first-order valence-corrected chi connectivity index (χ1v) is 11.4. The van der Waals surface area contributed by atoms with Gasteiger partial charge in [0.25, 0.3) is 15.9 Å². The molecule has 2 N–H and O–H groups in total. The van der Waals surface area contributed by atoms with Crippen LogP contribution in [0.15, 0.2) is 59.5 Å². The van der Waals surface area contributed by atoms with Crippen molar-refractivity contribution in [2.75, 3.05) is 16.6 Å². The zero-order valence-electron chi connectivity index (χ0n) is 18.3. The first kappa shape index (κ1) is 23.3. The highest BCUT2D eigenvalue weighted by molar-refractivity contribution is 7.92. The van der Waals surface area contributed by atoms with Crippen LogP contribution in [0.25, 0.3) is 0 Å². The predicted molar refractivity (Wildman–Crippen MR) is 123 cm³/mol. The first-order valence-electron chi connectivity index (χ1n) is 9.95. The molecule has 0 aliphatic heterocycles. The Morgan fingerprint density at radius 1 is 0.906 bits per heavy atom. The molecular formula is C24H25FN2O4S. The Labute approximate surface area is 187 Å². The Balaban J connectivity index is 1.66. The van der Waals surface area contributed by atoms with Gasteiger partial charge in [0, 0.05) is 11.4 Å². The van der Waals surface area contributed by atoms with Crippen LogP contribution in [0, 0.1) is 33.5 Å². The third-order valence-electron chi connectivity index (χ3n) is 4.85. The molecule has 0 heterocycles. The second kappa shape index (κ2) is 9.40. The van der Waals surface area contributed by atoms with Crippen molar-refractivity contribution in [3.8, 4) is 5.75 Å². The van der Waals surface area contributed by atoms with Crippen molar-refractivity contribution in [3.63, 3.8) is 0 Å². The van der Waals surface area contributed by atoms with Crippen LogP contribution in [0.2, 0.25) is 0 Å². The number of benzene rings is 3. The highest BCUT2D eigenvalue weighted by Gasteiger charge is 2.16. The quantitative estimate of drug-likeness (QED) is 0.531. The average molecular weight is 457 g/mol. The van der Waals surface area contributed by atoms with Gasteiger partial charge in [0.15, 0.2) is 6.61 Å². The molecule has 168 valence electrons. The minimum Gasteiger partial charge on any atom is -0.483 e. The van der Waals surface area contributed by atoms with Gasteiger partial charge in [0.1, 0.15) is 11.6 Å². The summed E-state index contributed by atoms with van der Waals surface area (Å²) in [5, 5.41) is 2.87. The highest BCUT2D eigenvalue weighted by Crippen LogP contribution is 2.25. The molecule has 8 heteroatoms. The maximum absolute atomic E-state index is 13.0. The van der Waals surface area contributed by atoms with Crippen molar-refractivity contribution in [3.05, 3.63) is 82.7 Å². The molecule has 0 aliphatic carbocycles. The lowest BCUT2D eigenvalue weighted by atomic mass is 10.1. The van der Waals surface area contributed by atoms with Gasteiger partial charge in [0.05, 0.1) is 4.90 Å². The fraction of sp³-hybridized carbons (Fsp3) is 0.208. The highest BCUT2D eigenvalue weighted by atomic mass is 32.2. The van der Waals surface area contributed by atoms with Crippen LogP contribution < -0.4 is 14.8 Å². The zero-order valence-corrected chi connectivity index (χ0v) is 19.1. The zero-order chi connectivity index (χ0) is 23.5. The Kier molecular flexibility index (Phi) is 6.84. The van der Waals surface area contributed by atoms with Gasteiger partial charge in [-0.25, -0.2) is 12.8 Å². The van der Waals surface area contributed by atoms with E-state index in [9.17, 15) is 17.6 Å². The molecule has 3 rings (SSSR count). The van der Waals surface area contributed by atoms with Crippen molar-refractivity contribution in [1.82, 2.24) is 0 Å². The largest absolute Gasteiger partial charge is 0.483 e. The predicted octanol–water partition coefficient (Wildman–Crippen LogP) is 4.88. The molecule has 0 spiro atoms. The van der Waals surface area contributed by atoms with Gasteiger partial charge in [-0.3, -0.25) is 9.52 Å². The summed E-state index contributed by atoms with van der Waals surface area (Å²) < 4.78 is 46.2. The summed E-state index contributed by atoms with van der Waals surface area (Å²) in [5.74, 6) is -0.366. The summed E-state index contributed by atoms with van der Waals surface area (Å²) in [6, 6.07) is 13.4. The molecule has 0 bridgehead atoms. The Morgan fingerprint density at radius 3 is 2.12 bits per heavy atom. The summed E-state index contributed by atoms with van der Waals surface area (Å²) in [6.45, 7) is 7.34. The lowest BCUT2D eigenvalue weighted by Gasteiger charge is -2.14. The first-order chi connectivity index (χ1) is 15.0. The van der Waals surface area contributed by atoms with Crippen LogP contribution >= 0.6 is 0 Å². The van der Waals surface area contributed by atoms with Crippen LogP contribution in [0.4, 0.5) is 15.8 Å². The standard InChI is InChI=1S/C24H25FN2O4S/c1-15-11-17(3)24(18(4)12-15)26-23(28)14-31-22-10-9-21(13-16(22)2)32(29,30)27-20-7-5-19(25)6-8-20/h5-13,27H,14H2,1-4H3,(H,26,28). The molecule has 0 radical (unpaired) electrons. The minimum atomic E-state index is -3.86. The summed E-state index contributed by atoms with van der Waals surface area (Å²) in [5.41, 5.74) is 4.62. The van der Waals surface area contributed by atoms with Crippen LogP contribution in [0.3, 0.4) is 0 Å². The number of nitrogens with one attached hydrogen (secondary N) is 2. The van der Waals surface area contributed by atoms with Crippen LogP contribution in [-0.2, 0) is 14.8 Å². The Bertz CT molecular complexity index is 1230. The lowest BCUT2D eigenvalue weighted by Crippen LogP contribution is -2.21. The van der Waals surface area contributed by atoms with Crippen LogP contribution in [-0.4, -0.2) is 20.9 Å². The number of halogens is 1. The van der Waals surface area contributed by atoms with Gasteiger partial charge in [-0.15, -0.1) is 0 Å². The molecule has 0 saturated carbocycles. The fourth-order valence-electron chi connectivity index (χ4n) is 3.38. The summed E-state index contributed by atoms with van der Waals surface area (Å²) in [6.07, 6.45) is 0. The Morgan fingerprint density at radius 2 is 1.53 bits per heavy atom. The minimum absolute atomic E-state index is 0.0297. The number of aryl methyl sites for hydroxylation is 4. The van der Waals surface area contributed by atoms with E-state index in [1.165, 1.54) is 42.5 Å². The van der Waals surface area contributed by atoms with Crippen molar-refractivity contribution in [1.29, 1.82) is 0 Å². The van der Waals surface area contributed by atoms with E-state index >= 15 is 0 Å². The number of sulfonamides is 1. The van der Waals surface area contributed by atoms with Gasteiger partial charge >= 0.3 is 0 Å². The third-order valence-corrected chi connectivity index (χ3v) is 6.23. The maximum Gasteiger partial charge on any atom is 0.262 e. The molecule has 6 nitrogen and oxygen atoms in total. The second-order valence-corrected chi connectivity index (χ2v) is 9.33. The van der Waals surface area contributed by atoms with Crippen molar-refractivity contribution in [2.45, 2.75) is 32.6 Å². The van der Waals surface area contributed by atoms with Gasteiger partial charge in [-0.1, -0.05) is 17.7 Å². The lowest BCUT2D eigenvalue weighted by molar-refractivity contribution is -0.118. The van der Waals surface area contributed by atoms with E-state index in [4.69, 9.17) is 4.74 Å². The van der Waals surface area contributed by atoms with Crippen LogP contribution in [0.5, 0.6) is 5.75 Å². The second-order valence-electron chi connectivity index (χ2n) is 7.65. The molecule has 1 amide bonds. The third kappa shape index (κ3) is 5.64. The summed E-state index contributed by atoms with van der Waals surface area (Å²) in [7, 11) is -3.86. The Hall–Kier alpha value is -3.39. The van der Waals surface area contributed by atoms with Crippen molar-refractivity contribution in [2.24, 2.45) is 0 Å². The number of rotatable bonds is 7. The number of amides is 1. The number of carbonyl (C=O) groups is 1. The molecule has 0 fully saturated rings.